The molecule has 4 atom stereocenters. The summed E-state index contributed by atoms with van der Waals surface area (Å²) in [7, 11) is 1.65. The van der Waals surface area contributed by atoms with E-state index in [0.717, 1.165) is 23.1 Å². The Morgan fingerprint density at radius 1 is 1.29 bits per heavy atom. The summed E-state index contributed by atoms with van der Waals surface area (Å²) < 4.78 is 5.13. The first-order valence-electron chi connectivity index (χ1n) is 8.08. The molecule has 114 valence electrons. The Labute approximate surface area is 127 Å². The van der Waals surface area contributed by atoms with E-state index in [-0.39, 0.29) is 5.91 Å². The molecule has 21 heavy (non-hydrogen) atoms. The van der Waals surface area contributed by atoms with Crippen LogP contribution in [0.4, 0.5) is 0 Å². The molecule has 1 amide bonds. The van der Waals surface area contributed by atoms with Crippen molar-refractivity contribution in [3.63, 3.8) is 0 Å². The lowest BCUT2D eigenvalue weighted by Gasteiger charge is -2.28. The predicted octanol–water partition coefficient (Wildman–Crippen LogP) is 3.18. The molecule has 3 heteroatoms. The van der Waals surface area contributed by atoms with Crippen LogP contribution in [0.15, 0.2) is 24.3 Å². The maximum Gasteiger partial charge on any atom is 0.224 e. The zero-order valence-electron chi connectivity index (χ0n) is 13.0. The van der Waals surface area contributed by atoms with Crippen LogP contribution in [0.3, 0.4) is 0 Å². The summed E-state index contributed by atoms with van der Waals surface area (Å²) in [5.41, 5.74) is 1.04. The molecule has 2 aliphatic rings. The Hall–Kier alpha value is -1.51. The third-order valence-electron chi connectivity index (χ3n) is 5.35. The van der Waals surface area contributed by atoms with Crippen LogP contribution in [0, 0.1) is 17.8 Å². The molecule has 0 radical (unpaired) electrons. The number of methoxy groups -OCH3 is 1. The van der Waals surface area contributed by atoms with Crippen LogP contribution in [0.5, 0.6) is 5.75 Å². The van der Waals surface area contributed by atoms with Crippen molar-refractivity contribution in [2.45, 2.75) is 45.1 Å². The average Bonchev–Trinajstić information content (AvgIpc) is 3.10. The third kappa shape index (κ3) is 3.22. The molecule has 1 N–H and O–H groups in total. The number of benzene rings is 1. The number of ether oxygens (including phenoxy) is 1. The van der Waals surface area contributed by atoms with Gasteiger partial charge < -0.3 is 10.1 Å². The first-order valence-corrected chi connectivity index (χ1v) is 8.08. The first-order chi connectivity index (χ1) is 10.2. The van der Waals surface area contributed by atoms with Crippen LogP contribution in [-0.4, -0.2) is 19.1 Å². The second kappa shape index (κ2) is 6.08. The SMILES string of the molecule is COc1ccc(CC(=O)N[C@H](C)[C@@H]2C[C@@H]3CC[C@H]2C3)cc1. The minimum Gasteiger partial charge on any atom is -0.497 e. The molecule has 2 aliphatic carbocycles. The Bertz CT molecular complexity index is 496. The van der Waals surface area contributed by atoms with E-state index >= 15 is 0 Å². The molecule has 0 saturated heterocycles. The quantitative estimate of drug-likeness (QED) is 0.903. The summed E-state index contributed by atoms with van der Waals surface area (Å²) >= 11 is 0. The zero-order valence-corrected chi connectivity index (χ0v) is 13.0. The summed E-state index contributed by atoms with van der Waals surface area (Å²) in [5, 5.41) is 3.21. The second-order valence-electron chi connectivity index (χ2n) is 6.72. The van der Waals surface area contributed by atoms with Crippen LogP contribution in [-0.2, 0) is 11.2 Å². The van der Waals surface area contributed by atoms with Crippen molar-refractivity contribution in [2.24, 2.45) is 17.8 Å². The number of hydrogen-bond acceptors (Lipinski definition) is 2. The highest BCUT2D eigenvalue weighted by molar-refractivity contribution is 5.78. The van der Waals surface area contributed by atoms with Gasteiger partial charge in [0.25, 0.3) is 0 Å². The van der Waals surface area contributed by atoms with Gasteiger partial charge in [0, 0.05) is 6.04 Å². The van der Waals surface area contributed by atoms with Gasteiger partial charge in [0.05, 0.1) is 13.5 Å². The molecule has 1 aromatic carbocycles. The van der Waals surface area contributed by atoms with Crippen molar-refractivity contribution >= 4 is 5.91 Å². The van der Waals surface area contributed by atoms with Crippen LogP contribution >= 0.6 is 0 Å². The highest BCUT2D eigenvalue weighted by atomic mass is 16.5. The van der Waals surface area contributed by atoms with Crippen molar-refractivity contribution in [1.29, 1.82) is 0 Å². The number of amides is 1. The molecule has 0 aliphatic heterocycles. The fourth-order valence-corrected chi connectivity index (χ4v) is 4.25. The van der Waals surface area contributed by atoms with Gasteiger partial charge in [0.15, 0.2) is 0 Å². The van der Waals surface area contributed by atoms with Crippen LogP contribution in [0.1, 0.15) is 38.2 Å². The Balaban J connectivity index is 1.51. The van der Waals surface area contributed by atoms with Gasteiger partial charge in [-0.3, -0.25) is 4.79 Å². The zero-order chi connectivity index (χ0) is 14.8. The number of rotatable bonds is 5. The molecule has 2 saturated carbocycles. The highest BCUT2D eigenvalue weighted by Gasteiger charge is 2.42. The molecule has 0 spiro atoms. The van der Waals surface area contributed by atoms with Crippen LogP contribution in [0.2, 0.25) is 0 Å². The average molecular weight is 287 g/mol. The third-order valence-corrected chi connectivity index (χ3v) is 5.35. The minimum absolute atomic E-state index is 0.135. The molecule has 0 heterocycles. The Kier molecular flexibility index (Phi) is 4.18. The second-order valence-corrected chi connectivity index (χ2v) is 6.72. The summed E-state index contributed by atoms with van der Waals surface area (Å²) in [5.74, 6) is 3.45. The van der Waals surface area contributed by atoms with E-state index < -0.39 is 0 Å². The van der Waals surface area contributed by atoms with Gasteiger partial charge >= 0.3 is 0 Å². The van der Waals surface area contributed by atoms with Crippen LogP contribution < -0.4 is 10.1 Å². The van der Waals surface area contributed by atoms with Crippen molar-refractivity contribution in [1.82, 2.24) is 5.32 Å². The standard InChI is InChI=1S/C18H25NO2/c1-12(17-10-14-3-6-15(17)9-14)19-18(20)11-13-4-7-16(21-2)8-5-13/h4-5,7-8,12,14-15,17H,3,6,9-11H2,1-2H3,(H,19,20)/t12-,14-,15+,17+/m1/s1. The molecular formula is C18H25NO2. The van der Waals surface area contributed by atoms with Gasteiger partial charge in [-0.15, -0.1) is 0 Å². The van der Waals surface area contributed by atoms with E-state index in [1.807, 2.05) is 24.3 Å². The smallest absolute Gasteiger partial charge is 0.224 e. The normalized spacial score (nSPS) is 28.4. The van der Waals surface area contributed by atoms with Gasteiger partial charge in [-0.2, -0.15) is 0 Å². The number of carbonyl (C=O) groups excluding carboxylic acids is 1. The Morgan fingerprint density at radius 2 is 2.05 bits per heavy atom. The van der Waals surface area contributed by atoms with Gasteiger partial charge in [0.1, 0.15) is 5.75 Å². The molecule has 0 aromatic heterocycles. The fourth-order valence-electron chi connectivity index (χ4n) is 4.25. The fraction of sp³-hybridized carbons (Fsp3) is 0.611. The molecule has 2 bridgehead atoms. The minimum atomic E-state index is 0.135. The summed E-state index contributed by atoms with van der Waals surface area (Å²) in [4.78, 5) is 12.2. The van der Waals surface area contributed by atoms with Crippen molar-refractivity contribution in [2.75, 3.05) is 7.11 Å². The Morgan fingerprint density at radius 3 is 2.62 bits per heavy atom. The van der Waals surface area contributed by atoms with Crippen molar-refractivity contribution in [3.05, 3.63) is 29.8 Å². The topological polar surface area (TPSA) is 38.3 Å². The highest BCUT2D eigenvalue weighted by Crippen LogP contribution is 2.49. The monoisotopic (exact) mass is 287 g/mol. The summed E-state index contributed by atoms with van der Waals surface area (Å²) in [6, 6.07) is 8.04. The maximum atomic E-state index is 12.2. The molecule has 1 aromatic rings. The van der Waals surface area contributed by atoms with Gasteiger partial charge in [-0.05, 0) is 61.6 Å². The predicted molar refractivity (Wildman–Crippen MR) is 83.2 cm³/mol. The molecule has 0 unspecified atom stereocenters. The van der Waals surface area contributed by atoms with E-state index in [4.69, 9.17) is 4.74 Å². The van der Waals surface area contributed by atoms with Crippen molar-refractivity contribution in [3.8, 4) is 5.75 Å². The number of fused-ring (bicyclic) bond motifs is 2. The van der Waals surface area contributed by atoms with Gasteiger partial charge in [-0.25, -0.2) is 0 Å². The molecule has 3 rings (SSSR count). The number of nitrogens with one attached hydrogen (secondary N) is 1. The van der Waals surface area contributed by atoms with E-state index in [9.17, 15) is 4.79 Å². The van der Waals surface area contributed by atoms with Crippen molar-refractivity contribution < 1.29 is 9.53 Å². The lowest BCUT2D eigenvalue weighted by molar-refractivity contribution is -0.121. The van der Waals surface area contributed by atoms with Gasteiger partial charge in [-0.1, -0.05) is 18.6 Å². The largest absolute Gasteiger partial charge is 0.497 e. The molecule has 3 nitrogen and oxygen atoms in total. The summed E-state index contributed by atoms with van der Waals surface area (Å²) in [6.45, 7) is 2.18. The van der Waals surface area contributed by atoms with Gasteiger partial charge in [0.2, 0.25) is 5.91 Å². The molecular weight excluding hydrogens is 262 g/mol. The number of hydrogen-bond donors (Lipinski definition) is 1. The summed E-state index contributed by atoms with van der Waals surface area (Å²) in [6.07, 6.45) is 5.94. The van der Waals surface area contributed by atoms with E-state index in [1.54, 1.807) is 7.11 Å². The maximum absolute atomic E-state index is 12.2. The lowest BCUT2D eigenvalue weighted by atomic mass is 9.84. The lowest BCUT2D eigenvalue weighted by Crippen LogP contribution is -2.40. The van der Waals surface area contributed by atoms with E-state index in [0.29, 0.717) is 18.4 Å². The van der Waals surface area contributed by atoms with E-state index in [2.05, 4.69) is 12.2 Å². The number of carbonyl (C=O) groups is 1. The molecule has 2 fully saturated rings. The van der Waals surface area contributed by atoms with Crippen LogP contribution in [0.25, 0.3) is 0 Å². The first kappa shape index (κ1) is 14.4. The van der Waals surface area contributed by atoms with E-state index in [1.165, 1.54) is 25.7 Å².